The third-order valence-corrected chi connectivity index (χ3v) is 6.14. The molecule has 0 saturated carbocycles. The molecule has 11 heteroatoms. The summed E-state index contributed by atoms with van der Waals surface area (Å²) in [5.41, 5.74) is 5.97. The maximum Gasteiger partial charge on any atom is 0.245 e. The fourth-order valence-electron chi connectivity index (χ4n) is 3.35. The summed E-state index contributed by atoms with van der Waals surface area (Å²) in [6.45, 7) is 3.25. The highest BCUT2D eigenvalue weighted by Gasteiger charge is 2.40. The molecule has 0 aliphatic carbocycles. The Balaban J connectivity index is 0.000000328. The van der Waals surface area contributed by atoms with E-state index in [1.54, 1.807) is 11.4 Å². The summed E-state index contributed by atoms with van der Waals surface area (Å²) in [5, 5.41) is 24.0. The Kier molecular flexibility index (Phi) is 11.7. The SMILES string of the molecule is CCCCOc1ccccc1.N=C(N)c1csc(CNC(=O)C2C(O)CCN2C(=O)CNC=O)c1. The van der Waals surface area contributed by atoms with E-state index < -0.39 is 24.0 Å². The van der Waals surface area contributed by atoms with Crippen molar-refractivity contribution in [1.29, 1.82) is 5.41 Å². The lowest BCUT2D eigenvalue weighted by Gasteiger charge is -2.25. The molecule has 3 rings (SSSR count). The molecule has 0 radical (unpaired) electrons. The number of benzene rings is 1. The lowest BCUT2D eigenvalue weighted by atomic mass is 10.1. The number of hydrogen-bond donors (Lipinski definition) is 5. The Morgan fingerprint density at radius 2 is 2.09 bits per heavy atom. The minimum absolute atomic E-state index is 0.0468. The van der Waals surface area contributed by atoms with Crippen molar-refractivity contribution >= 4 is 35.4 Å². The lowest BCUT2D eigenvalue weighted by molar-refractivity contribution is -0.140. The first-order valence-corrected chi connectivity index (χ1v) is 12.3. The number of hydrogen-bond acceptors (Lipinski definition) is 7. The number of para-hydroxylation sites is 1. The van der Waals surface area contributed by atoms with Gasteiger partial charge in [0.25, 0.3) is 0 Å². The number of carbonyl (C=O) groups excluding carboxylic acids is 3. The van der Waals surface area contributed by atoms with Crippen molar-refractivity contribution in [3.63, 3.8) is 0 Å². The number of unbranched alkanes of at least 4 members (excludes halogenated alkanes) is 1. The predicted octanol–water partition coefficient (Wildman–Crippen LogP) is 1.22. The van der Waals surface area contributed by atoms with Crippen LogP contribution in [0.4, 0.5) is 0 Å². The summed E-state index contributed by atoms with van der Waals surface area (Å²) in [6, 6.07) is 10.7. The van der Waals surface area contributed by atoms with Crippen LogP contribution in [0.15, 0.2) is 41.8 Å². The first-order valence-electron chi connectivity index (χ1n) is 11.4. The van der Waals surface area contributed by atoms with Gasteiger partial charge in [0, 0.05) is 22.4 Å². The highest BCUT2D eigenvalue weighted by Crippen LogP contribution is 2.19. The summed E-state index contributed by atoms with van der Waals surface area (Å²) >= 11 is 1.35. The zero-order valence-electron chi connectivity index (χ0n) is 19.7. The number of likely N-dealkylation sites (tertiary alicyclic amines) is 1. The molecule has 1 aromatic heterocycles. The van der Waals surface area contributed by atoms with Gasteiger partial charge in [-0.05, 0) is 31.0 Å². The number of nitrogens with two attached hydrogens (primary N) is 1. The van der Waals surface area contributed by atoms with Crippen molar-refractivity contribution in [3.05, 3.63) is 52.2 Å². The van der Waals surface area contributed by atoms with E-state index in [0.717, 1.165) is 23.7 Å². The van der Waals surface area contributed by atoms with Gasteiger partial charge in [0.2, 0.25) is 18.2 Å². The molecule has 0 spiro atoms. The van der Waals surface area contributed by atoms with Crippen molar-refractivity contribution < 1.29 is 24.2 Å². The monoisotopic (exact) mass is 503 g/mol. The highest BCUT2D eigenvalue weighted by atomic mass is 32.1. The number of amidine groups is 1. The average molecular weight is 504 g/mol. The molecule has 1 saturated heterocycles. The smallest absolute Gasteiger partial charge is 0.245 e. The van der Waals surface area contributed by atoms with Crippen LogP contribution >= 0.6 is 11.3 Å². The first kappa shape index (κ1) is 27.8. The van der Waals surface area contributed by atoms with E-state index >= 15 is 0 Å². The van der Waals surface area contributed by atoms with Crippen LogP contribution in [0.3, 0.4) is 0 Å². The van der Waals surface area contributed by atoms with Gasteiger partial charge in [-0.25, -0.2) is 0 Å². The molecule has 0 bridgehead atoms. The molecule has 2 unspecified atom stereocenters. The van der Waals surface area contributed by atoms with Crippen LogP contribution in [0.2, 0.25) is 0 Å². The normalized spacial score (nSPS) is 16.6. The molecule has 10 nitrogen and oxygen atoms in total. The van der Waals surface area contributed by atoms with Gasteiger partial charge in [0.15, 0.2) is 0 Å². The fraction of sp³-hybridized carbons (Fsp3) is 0.417. The summed E-state index contributed by atoms with van der Waals surface area (Å²) in [6.07, 6.45) is 2.09. The number of aliphatic hydroxyl groups is 1. The first-order chi connectivity index (χ1) is 16.9. The van der Waals surface area contributed by atoms with E-state index in [4.69, 9.17) is 15.9 Å². The van der Waals surface area contributed by atoms with Crippen LogP contribution in [0.1, 0.15) is 36.6 Å². The summed E-state index contributed by atoms with van der Waals surface area (Å²) < 4.78 is 5.45. The molecule has 2 aromatic rings. The van der Waals surface area contributed by atoms with Crippen molar-refractivity contribution in [1.82, 2.24) is 15.5 Å². The molecule has 6 N–H and O–H groups in total. The van der Waals surface area contributed by atoms with Gasteiger partial charge in [-0.2, -0.15) is 0 Å². The van der Waals surface area contributed by atoms with E-state index in [2.05, 4.69) is 17.6 Å². The molecule has 1 aromatic carbocycles. The van der Waals surface area contributed by atoms with Gasteiger partial charge in [0.1, 0.15) is 17.6 Å². The van der Waals surface area contributed by atoms with Crippen molar-refractivity contribution in [2.75, 3.05) is 19.7 Å². The van der Waals surface area contributed by atoms with Gasteiger partial charge in [-0.15, -0.1) is 11.3 Å². The number of amides is 3. The quantitative estimate of drug-likeness (QED) is 0.134. The maximum atomic E-state index is 12.3. The van der Waals surface area contributed by atoms with E-state index in [-0.39, 0.29) is 25.5 Å². The maximum absolute atomic E-state index is 12.3. The van der Waals surface area contributed by atoms with E-state index in [0.29, 0.717) is 18.4 Å². The third kappa shape index (κ3) is 9.02. The number of carbonyl (C=O) groups is 3. The lowest BCUT2D eigenvalue weighted by Crippen LogP contribution is -2.51. The van der Waals surface area contributed by atoms with E-state index in [1.165, 1.54) is 22.7 Å². The summed E-state index contributed by atoms with van der Waals surface area (Å²) in [5.74, 6) is 0.0430. The molecule has 1 aliphatic heterocycles. The van der Waals surface area contributed by atoms with Crippen LogP contribution < -0.4 is 21.1 Å². The number of rotatable bonds is 11. The van der Waals surface area contributed by atoms with Crippen LogP contribution in [0.25, 0.3) is 0 Å². The minimum Gasteiger partial charge on any atom is -0.494 e. The highest BCUT2D eigenvalue weighted by molar-refractivity contribution is 7.10. The van der Waals surface area contributed by atoms with Gasteiger partial charge in [-0.1, -0.05) is 31.5 Å². The number of nitrogens with one attached hydrogen (secondary N) is 3. The van der Waals surface area contributed by atoms with Gasteiger partial charge < -0.3 is 31.1 Å². The molecular formula is C24H33N5O5S. The summed E-state index contributed by atoms with van der Waals surface area (Å²) in [4.78, 5) is 36.7. The van der Waals surface area contributed by atoms with Gasteiger partial charge in [0.05, 0.1) is 25.8 Å². The molecule has 3 amide bonds. The second-order valence-corrected chi connectivity index (χ2v) is 8.83. The Morgan fingerprint density at radius 1 is 1.34 bits per heavy atom. The van der Waals surface area contributed by atoms with Crippen LogP contribution in [0, 0.1) is 5.41 Å². The number of nitrogens with zero attached hydrogens (tertiary/aromatic N) is 1. The molecule has 190 valence electrons. The largest absolute Gasteiger partial charge is 0.494 e. The molecule has 1 aliphatic rings. The standard InChI is InChI=1S/C14H19N5O4S.C10H14O/c15-13(16)8-3-9(24-6-8)4-18-14(23)12-10(21)1-2-19(12)11(22)5-17-7-20;1-2-3-9-11-10-7-5-4-6-8-10/h3,6-7,10,12,21H,1-2,4-5H2,(H3,15,16)(H,17,20)(H,18,23);4-8H,2-3,9H2,1H3. The minimum atomic E-state index is -0.974. The number of nitrogen functional groups attached to an aromatic ring is 1. The average Bonchev–Trinajstić information content (AvgIpc) is 3.49. The van der Waals surface area contributed by atoms with Crippen molar-refractivity contribution in [2.45, 2.75) is 44.9 Å². The van der Waals surface area contributed by atoms with Crippen LogP contribution in [0.5, 0.6) is 5.75 Å². The second-order valence-electron chi connectivity index (χ2n) is 7.83. The Bertz CT molecular complexity index is 968. The van der Waals surface area contributed by atoms with Crippen LogP contribution in [-0.4, -0.2) is 65.9 Å². The Labute approximate surface area is 209 Å². The summed E-state index contributed by atoms with van der Waals surface area (Å²) in [7, 11) is 0. The topological polar surface area (TPSA) is 158 Å². The van der Waals surface area contributed by atoms with Crippen LogP contribution in [-0.2, 0) is 20.9 Å². The van der Waals surface area contributed by atoms with Gasteiger partial charge >= 0.3 is 0 Å². The molecule has 1 fully saturated rings. The van der Waals surface area contributed by atoms with E-state index in [1.807, 2.05) is 30.3 Å². The third-order valence-electron chi connectivity index (χ3n) is 5.20. The van der Waals surface area contributed by atoms with E-state index in [9.17, 15) is 19.5 Å². The number of ether oxygens (including phenoxy) is 1. The number of thiophene rings is 1. The van der Waals surface area contributed by atoms with Crippen molar-refractivity contribution in [2.24, 2.45) is 5.73 Å². The zero-order chi connectivity index (χ0) is 25.6. The zero-order valence-corrected chi connectivity index (χ0v) is 20.6. The van der Waals surface area contributed by atoms with Gasteiger partial charge in [-0.3, -0.25) is 19.8 Å². The fourth-order valence-corrected chi connectivity index (χ4v) is 4.17. The molecular weight excluding hydrogens is 470 g/mol. The number of aliphatic hydroxyl groups excluding tert-OH is 1. The molecule has 2 heterocycles. The Hall–Kier alpha value is -3.44. The predicted molar refractivity (Wildman–Crippen MR) is 134 cm³/mol. The molecule has 2 atom stereocenters. The van der Waals surface area contributed by atoms with Crippen molar-refractivity contribution in [3.8, 4) is 5.75 Å². The second kappa shape index (κ2) is 14.7. The molecule has 35 heavy (non-hydrogen) atoms. The Morgan fingerprint density at radius 3 is 2.71 bits per heavy atom.